The van der Waals surface area contributed by atoms with E-state index in [1.165, 1.54) is 18.9 Å². The molecule has 0 aromatic heterocycles. The maximum Gasteiger partial charge on any atom is 0.233 e. The van der Waals surface area contributed by atoms with Crippen molar-refractivity contribution in [1.82, 2.24) is 4.31 Å². The minimum Gasteiger partial charge on any atom is -0.274 e. The van der Waals surface area contributed by atoms with Crippen LogP contribution in [0, 0.1) is 0 Å². The molecular formula is C6H7NOS. The molecule has 0 spiro atoms. The predicted octanol–water partition coefficient (Wildman–Crippen LogP) is 1.52. The molecular weight excluding hydrogens is 134 g/mol. The van der Waals surface area contributed by atoms with Crippen molar-refractivity contribution in [1.29, 1.82) is 0 Å². The highest BCUT2D eigenvalue weighted by Crippen LogP contribution is 2.15. The summed E-state index contributed by atoms with van der Waals surface area (Å²) in [6.45, 7) is 1.54. The van der Waals surface area contributed by atoms with E-state index in [-0.39, 0.29) is 5.91 Å². The van der Waals surface area contributed by atoms with E-state index in [1.54, 1.807) is 10.5 Å². The largest absolute Gasteiger partial charge is 0.274 e. The van der Waals surface area contributed by atoms with Gasteiger partial charge in [-0.1, -0.05) is 6.08 Å². The summed E-state index contributed by atoms with van der Waals surface area (Å²) < 4.78 is 1.57. The van der Waals surface area contributed by atoms with Crippen molar-refractivity contribution >= 4 is 17.9 Å². The average molecular weight is 141 g/mol. The zero-order valence-electron chi connectivity index (χ0n) is 5.07. The van der Waals surface area contributed by atoms with Crippen LogP contribution in [0.2, 0.25) is 0 Å². The molecule has 0 aromatic carbocycles. The van der Waals surface area contributed by atoms with Crippen molar-refractivity contribution < 1.29 is 4.79 Å². The quantitative estimate of drug-likeness (QED) is 0.477. The summed E-state index contributed by atoms with van der Waals surface area (Å²) in [6.07, 6.45) is 5.47. The van der Waals surface area contributed by atoms with E-state index in [0.29, 0.717) is 0 Å². The molecule has 1 rings (SSSR count). The van der Waals surface area contributed by atoms with Gasteiger partial charge in [0, 0.05) is 13.1 Å². The van der Waals surface area contributed by atoms with Crippen LogP contribution in [-0.2, 0) is 4.79 Å². The molecule has 1 heterocycles. The van der Waals surface area contributed by atoms with Crippen LogP contribution in [0.3, 0.4) is 0 Å². The molecule has 0 unspecified atom stereocenters. The summed E-state index contributed by atoms with van der Waals surface area (Å²) in [6, 6.07) is 0. The highest BCUT2D eigenvalue weighted by Gasteiger charge is 2.03. The first-order chi connectivity index (χ1) is 4.30. The maximum absolute atomic E-state index is 10.6. The number of hydrogen-bond donors (Lipinski definition) is 0. The standard InChI is InChI=1S/C6H7NOS/c1-6(8)7-4-2-3-5-9-7/h2-5H,1H3. The van der Waals surface area contributed by atoms with Crippen LogP contribution in [0.5, 0.6) is 0 Å². The van der Waals surface area contributed by atoms with Gasteiger partial charge in [0.05, 0.1) is 0 Å². The molecule has 48 valence electrons. The summed E-state index contributed by atoms with van der Waals surface area (Å²) in [7, 11) is 0. The Morgan fingerprint density at radius 1 is 1.56 bits per heavy atom. The predicted molar refractivity (Wildman–Crippen MR) is 38.4 cm³/mol. The Morgan fingerprint density at radius 2 is 2.33 bits per heavy atom. The van der Waals surface area contributed by atoms with Gasteiger partial charge in [0.15, 0.2) is 0 Å². The van der Waals surface area contributed by atoms with Crippen LogP contribution in [0.15, 0.2) is 23.8 Å². The molecule has 0 fully saturated rings. The molecule has 0 radical (unpaired) electrons. The zero-order chi connectivity index (χ0) is 6.69. The molecule has 1 aliphatic rings. The summed E-state index contributed by atoms with van der Waals surface area (Å²) in [5, 5.41) is 1.86. The molecule has 0 bridgehead atoms. The van der Waals surface area contributed by atoms with Gasteiger partial charge in [-0.25, -0.2) is 0 Å². The Labute approximate surface area is 58.4 Å². The first-order valence-corrected chi connectivity index (χ1v) is 3.44. The summed E-state index contributed by atoms with van der Waals surface area (Å²) in [5.41, 5.74) is 0. The number of carbonyl (C=O) groups excluding carboxylic acids is 1. The fourth-order valence-electron chi connectivity index (χ4n) is 0.488. The van der Waals surface area contributed by atoms with Crippen molar-refractivity contribution in [2.24, 2.45) is 0 Å². The van der Waals surface area contributed by atoms with Gasteiger partial charge >= 0.3 is 0 Å². The van der Waals surface area contributed by atoms with Gasteiger partial charge in [-0.2, -0.15) is 0 Å². The average Bonchev–Trinajstić information content (AvgIpc) is 1.90. The van der Waals surface area contributed by atoms with Gasteiger partial charge in [-0.3, -0.25) is 9.10 Å². The van der Waals surface area contributed by atoms with E-state index in [9.17, 15) is 4.79 Å². The number of hydrogen-bond acceptors (Lipinski definition) is 2. The van der Waals surface area contributed by atoms with Gasteiger partial charge < -0.3 is 0 Å². The van der Waals surface area contributed by atoms with Crippen molar-refractivity contribution in [3.8, 4) is 0 Å². The van der Waals surface area contributed by atoms with Crippen molar-refractivity contribution in [3.05, 3.63) is 23.8 Å². The summed E-state index contributed by atoms with van der Waals surface area (Å²) in [4.78, 5) is 10.6. The normalized spacial score (nSPS) is 16.3. The van der Waals surface area contributed by atoms with Crippen LogP contribution >= 0.6 is 11.9 Å². The van der Waals surface area contributed by atoms with E-state index < -0.39 is 0 Å². The second kappa shape index (κ2) is 2.73. The van der Waals surface area contributed by atoms with Crippen molar-refractivity contribution in [3.63, 3.8) is 0 Å². The molecule has 1 aliphatic heterocycles. The Morgan fingerprint density at radius 3 is 2.67 bits per heavy atom. The number of nitrogens with zero attached hydrogens (tertiary/aromatic N) is 1. The van der Waals surface area contributed by atoms with E-state index >= 15 is 0 Å². The highest BCUT2D eigenvalue weighted by atomic mass is 32.2. The van der Waals surface area contributed by atoms with Gasteiger partial charge in [-0.15, -0.1) is 0 Å². The van der Waals surface area contributed by atoms with Crippen LogP contribution < -0.4 is 0 Å². The fourth-order valence-corrected chi connectivity index (χ4v) is 1.07. The lowest BCUT2D eigenvalue weighted by Crippen LogP contribution is -2.13. The van der Waals surface area contributed by atoms with Crippen LogP contribution in [0.4, 0.5) is 0 Å². The van der Waals surface area contributed by atoms with Gasteiger partial charge in [0.1, 0.15) is 0 Å². The Hall–Kier alpha value is -0.700. The Balaban J connectivity index is 2.56. The maximum atomic E-state index is 10.6. The van der Waals surface area contributed by atoms with Crippen molar-refractivity contribution in [2.45, 2.75) is 6.92 Å². The topological polar surface area (TPSA) is 20.3 Å². The van der Waals surface area contributed by atoms with Gasteiger partial charge in [0.2, 0.25) is 5.91 Å². The van der Waals surface area contributed by atoms with E-state index in [1.807, 2.05) is 17.6 Å². The lowest BCUT2D eigenvalue weighted by Gasteiger charge is -2.13. The summed E-state index contributed by atoms with van der Waals surface area (Å²) >= 11 is 1.39. The van der Waals surface area contributed by atoms with Gasteiger partial charge in [0.25, 0.3) is 0 Å². The minimum absolute atomic E-state index is 0.0561. The van der Waals surface area contributed by atoms with Crippen LogP contribution in [-0.4, -0.2) is 10.2 Å². The molecule has 9 heavy (non-hydrogen) atoms. The smallest absolute Gasteiger partial charge is 0.233 e. The molecule has 3 heteroatoms. The van der Waals surface area contributed by atoms with E-state index in [2.05, 4.69) is 0 Å². The third-order valence-electron chi connectivity index (χ3n) is 0.896. The molecule has 0 atom stereocenters. The van der Waals surface area contributed by atoms with Crippen LogP contribution in [0.25, 0.3) is 0 Å². The van der Waals surface area contributed by atoms with Gasteiger partial charge in [-0.05, 0) is 23.4 Å². The number of rotatable bonds is 0. The Bertz CT molecular complexity index is 174. The first-order valence-electron chi connectivity index (χ1n) is 2.60. The van der Waals surface area contributed by atoms with E-state index in [0.717, 1.165) is 0 Å². The molecule has 0 saturated heterocycles. The Kier molecular flexibility index (Phi) is 1.95. The third-order valence-corrected chi connectivity index (χ3v) is 1.78. The van der Waals surface area contributed by atoms with Crippen LogP contribution in [0.1, 0.15) is 6.92 Å². The molecule has 0 saturated carbocycles. The monoisotopic (exact) mass is 141 g/mol. The highest BCUT2D eigenvalue weighted by molar-refractivity contribution is 8.00. The van der Waals surface area contributed by atoms with E-state index in [4.69, 9.17) is 0 Å². The second-order valence-corrected chi connectivity index (χ2v) is 2.50. The molecule has 0 aliphatic carbocycles. The molecule has 2 nitrogen and oxygen atoms in total. The molecule has 1 amide bonds. The van der Waals surface area contributed by atoms with Crippen molar-refractivity contribution in [2.75, 3.05) is 0 Å². The molecule has 0 aromatic rings. The zero-order valence-corrected chi connectivity index (χ0v) is 5.89. The first kappa shape index (κ1) is 6.42. The summed E-state index contributed by atoms with van der Waals surface area (Å²) in [5.74, 6) is 0.0561. The lowest BCUT2D eigenvalue weighted by atomic mass is 10.6. The third kappa shape index (κ3) is 1.61. The minimum atomic E-state index is 0.0561. The number of amides is 1. The molecule has 0 N–H and O–H groups in total. The number of allylic oxidation sites excluding steroid dienone is 2. The fraction of sp³-hybridized carbons (Fsp3) is 0.167. The SMILES string of the molecule is CC(=O)N1C=CC=CS1. The number of carbonyl (C=O) groups is 1. The second-order valence-electron chi connectivity index (χ2n) is 1.62. The lowest BCUT2D eigenvalue weighted by molar-refractivity contribution is -0.122.